The molecule has 0 aromatic rings. The second-order valence-corrected chi connectivity index (χ2v) is 5.42. The highest BCUT2D eigenvalue weighted by atomic mass is 16.5. The lowest BCUT2D eigenvalue weighted by Gasteiger charge is -2.41. The zero-order valence-electron chi connectivity index (χ0n) is 11.5. The standard InChI is InChI=1S/C12H22N2O5/c1-8-6-14(7-12(2,3)19-8)11(18)13-9(4-5-15)10(16)17/h8-9,15H,4-7H2,1-3H3,(H,13,18)(H,16,17). The third-order valence-electron chi connectivity index (χ3n) is 2.87. The Hall–Kier alpha value is -1.34. The van der Waals surface area contributed by atoms with Crippen LogP contribution in [0.5, 0.6) is 0 Å². The largest absolute Gasteiger partial charge is 0.480 e. The normalized spacial score (nSPS) is 23.8. The molecular formula is C12H22N2O5. The van der Waals surface area contributed by atoms with Crippen LogP contribution < -0.4 is 5.32 Å². The van der Waals surface area contributed by atoms with Gasteiger partial charge in [0.25, 0.3) is 0 Å². The van der Waals surface area contributed by atoms with E-state index in [0.29, 0.717) is 13.1 Å². The van der Waals surface area contributed by atoms with E-state index < -0.39 is 23.6 Å². The summed E-state index contributed by atoms with van der Waals surface area (Å²) in [6, 6.07) is -1.51. The van der Waals surface area contributed by atoms with Crippen LogP contribution in [-0.2, 0) is 9.53 Å². The van der Waals surface area contributed by atoms with Gasteiger partial charge in [-0.1, -0.05) is 0 Å². The van der Waals surface area contributed by atoms with Gasteiger partial charge in [0.2, 0.25) is 0 Å². The molecule has 1 heterocycles. The molecular weight excluding hydrogens is 252 g/mol. The van der Waals surface area contributed by atoms with Crippen molar-refractivity contribution >= 4 is 12.0 Å². The second kappa shape index (κ2) is 6.21. The molecule has 7 nitrogen and oxygen atoms in total. The molecule has 1 fully saturated rings. The molecule has 1 aliphatic rings. The first kappa shape index (κ1) is 15.7. The molecule has 0 saturated carbocycles. The number of nitrogens with one attached hydrogen (secondary N) is 1. The van der Waals surface area contributed by atoms with Gasteiger partial charge in [-0.05, 0) is 20.8 Å². The minimum Gasteiger partial charge on any atom is -0.480 e. The maximum atomic E-state index is 12.0. The summed E-state index contributed by atoms with van der Waals surface area (Å²) in [5.41, 5.74) is -0.454. The summed E-state index contributed by atoms with van der Waals surface area (Å²) in [6.45, 7) is 6.15. The Labute approximate surface area is 112 Å². The number of amides is 2. The van der Waals surface area contributed by atoms with Gasteiger partial charge in [0, 0.05) is 19.6 Å². The number of morpholine rings is 1. The number of hydrogen-bond donors (Lipinski definition) is 3. The van der Waals surface area contributed by atoms with Crippen LogP contribution in [0.25, 0.3) is 0 Å². The predicted octanol–water partition coefficient (Wildman–Crippen LogP) is 0.0309. The van der Waals surface area contributed by atoms with Crippen LogP contribution in [0.3, 0.4) is 0 Å². The van der Waals surface area contributed by atoms with Gasteiger partial charge < -0.3 is 25.2 Å². The second-order valence-electron chi connectivity index (χ2n) is 5.42. The van der Waals surface area contributed by atoms with Crippen LogP contribution in [0.1, 0.15) is 27.2 Å². The Balaban J connectivity index is 2.63. The molecule has 1 aliphatic heterocycles. The molecule has 0 spiro atoms. The maximum absolute atomic E-state index is 12.0. The zero-order valence-corrected chi connectivity index (χ0v) is 11.5. The van der Waals surface area contributed by atoms with Crippen molar-refractivity contribution in [2.45, 2.75) is 44.9 Å². The van der Waals surface area contributed by atoms with Gasteiger partial charge in [-0.2, -0.15) is 0 Å². The molecule has 0 radical (unpaired) electrons. The van der Waals surface area contributed by atoms with Crippen molar-refractivity contribution < 1.29 is 24.5 Å². The lowest BCUT2D eigenvalue weighted by molar-refractivity contribution is -0.139. The number of nitrogens with zero attached hydrogens (tertiary/aromatic N) is 1. The smallest absolute Gasteiger partial charge is 0.326 e. The van der Waals surface area contributed by atoms with Crippen LogP contribution in [0.4, 0.5) is 4.79 Å². The van der Waals surface area contributed by atoms with E-state index in [2.05, 4.69) is 5.32 Å². The van der Waals surface area contributed by atoms with Crippen molar-refractivity contribution in [2.24, 2.45) is 0 Å². The van der Waals surface area contributed by atoms with Crippen molar-refractivity contribution in [3.63, 3.8) is 0 Å². The van der Waals surface area contributed by atoms with Gasteiger partial charge in [0.05, 0.1) is 18.2 Å². The van der Waals surface area contributed by atoms with Crippen LogP contribution in [-0.4, -0.2) is 64.6 Å². The molecule has 3 N–H and O–H groups in total. The van der Waals surface area contributed by atoms with Crippen molar-refractivity contribution in [2.75, 3.05) is 19.7 Å². The van der Waals surface area contributed by atoms with Crippen LogP contribution in [0, 0.1) is 0 Å². The average Bonchev–Trinajstić information content (AvgIpc) is 2.25. The highest BCUT2D eigenvalue weighted by Gasteiger charge is 2.34. The van der Waals surface area contributed by atoms with E-state index in [4.69, 9.17) is 14.9 Å². The summed E-state index contributed by atoms with van der Waals surface area (Å²) in [4.78, 5) is 24.5. The average molecular weight is 274 g/mol. The van der Waals surface area contributed by atoms with Crippen LogP contribution in [0.2, 0.25) is 0 Å². The summed E-state index contributed by atoms with van der Waals surface area (Å²) >= 11 is 0. The van der Waals surface area contributed by atoms with Gasteiger partial charge in [-0.3, -0.25) is 0 Å². The molecule has 0 aliphatic carbocycles. The zero-order chi connectivity index (χ0) is 14.6. The topological polar surface area (TPSA) is 99.1 Å². The molecule has 7 heteroatoms. The highest BCUT2D eigenvalue weighted by molar-refractivity contribution is 5.82. The molecule has 1 rings (SSSR count). The first-order chi connectivity index (χ1) is 8.75. The van der Waals surface area contributed by atoms with Crippen molar-refractivity contribution in [3.8, 4) is 0 Å². The van der Waals surface area contributed by atoms with Crippen LogP contribution >= 0.6 is 0 Å². The Morgan fingerprint density at radius 1 is 1.53 bits per heavy atom. The van der Waals surface area contributed by atoms with E-state index in [-0.39, 0.29) is 19.1 Å². The fourth-order valence-electron chi connectivity index (χ4n) is 2.24. The number of carboxylic acids is 1. The van der Waals surface area contributed by atoms with E-state index in [1.807, 2.05) is 20.8 Å². The maximum Gasteiger partial charge on any atom is 0.326 e. The third kappa shape index (κ3) is 4.68. The van der Waals surface area contributed by atoms with Crippen molar-refractivity contribution in [1.82, 2.24) is 10.2 Å². The number of hydrogen-bond acceptors (Lipinski definition) is 4. The van der Waals surface area contributed by atoms with E-state index in [1.54, 1.807) is 4.90 Å². The number of aliphatic carboxylic acids is 1. The fourth-order valence-corrected chi connectivity index (χ4v) is 2.24. The van der Waals surface area contributed by atoms with E-state index in [1.165, 1.54) is 0 Å². The first-order valence-electron chi connectivity index (χ1n) is 6.32. The van der Waals surface area contributed by atoms with Gasteiger partial charge in [-0.25, -0.2) is 9.59 Å². The molecule has 19 heavy (non-hydrogen) atoms. The number of aliphatic hydroxyl groups is 1. The lowest BCUT2D eigenvalue weighted by Crippen LogP contribution is -2.58. The fraction of sp³-hybridized carbons (Fsp3) is 0.833. The number of carbonyl (C=O) groups is 2. The molecule has 0 bridgehead atoms. The highest BCUT2D eigenvalue weighted by Crippen LogP contribution is 2.20. The van der Waals surface area contributed by atoms with Crippen molar-refractivity contribution in [3.05, 3.63) is 0 Å². The third-order valence-corrected chi connectivity index (χ3v) is 2.87. The van der Waals surface area contributed by atoms with Gasteiger partial charge in [-0.15, -0.1) is 0 Å². The SMILES string of the molecule is CC1CN(C(=O)NC(CCO)C(=O)O)CC(C)(C)O1. The molecule has 0 aromatic carbocycles. The quantitative estimate of drug-likeness (QED) is 0.672. The van der Waals surface area contributed by atoms with Gasteiger partial charge in [0.1, 0.15) is 6.04 Å². The Bertz CT molecular complexity index is 345. The molecule has 2 atom stereocenters. The minimum absolute atomic E-state index is 0.00956. The number of aliphatic hydroxyl groups excluding tert-OH is 1. The summed E-state index contributed by atoms with van der Waals surface area (Å²) < 4.78 is 5.68. The molecule has 1 saturated heterocycles. The number of urea groups is 1. The molecule has 2 amide bonds. The van der Waals surface area contributed by atoms with Crippen molar-refractivity contribution in [1.29, 1.82) is 0 Å². The number of rotatable bonds is 4. The van der Waals surface area contributed by atoms with Crippen LogP contribution in [0.15, 0.2) is 0 Å². The summed E-state index contributed by atoms with van der Waals surface area (Å²) in [5.74, 6) is -1.15. The van der Waals surface area contributed by atoms with Gasteiger partial charge >= 0.3 is 12.0 Å². The summed E-state index contributed by atoms with van der Waals surface area (Å²) in [6.07, 6.45) is -0.111. The first-order valence-corrected chi connectivity index (χ1v) is 6.32. The molecule has 2 unspecified atom stereocenters. The minimum atomic E-state index is -1.15. The van der Waals surface area contributed by atoms with E-state index in [0.717, 1.165) is 0 Å². The summed E-state index contributed by atoms with van der Waals surface area (Å²) in [5, 5.41) is 20.1. The van der Waals surface area contributed by atoms with Gasteiger partial charge in [0.15, 0.2) is 0 Å². The van der Waals surface area contributed by atoms with E-state index >= 15 is 0 Å². The molecule has 0 aromatic heterocycles. The van der Waals surface area contributed by atoms with E-state index in [9.17, 15) is 9.59 Å². The Morgan fingerprint density at radius 3 is 2.63 bits per heavy atom. The lowest BCUT2D eigenvalue weighted by atomic mass is 10.1. The Morgan fingerprint density at radius 2 is 2.16 bits per heavy atom. The Kier molecular flexibility index (Phi) is 5.13. The number of carbonyl (C=O) groups excluding carboxylic acids is 1. The predicted molar refractivity (Wildman–Crippen MR) is 67.9 cm³/mol. The number of ether oxygens (including phenoxy) is 1. The molecule has 110 valence electrons. The summed E-state index contributed by atoms with van der Waals surface area (Å²) in [7, 11) is 0. The number of carboxylic acid groups (broad SMARTS) is 1. The monoisotopic (exact) mass is 274 g/mol.